The minimum atomic E-state index is -0.887. The van der Waals surface area contributed by atoms with Crippen molar-refractivity contribution in [3.63, 3.8) is 0 Å². The third-order valence-electron chi connectivity index (χ3n) is 11.1. The fourth-order valence-electron chi connectivity index (χ4n) is 7.24. The van der Waals surface area contributed by atoms with Crippen LogP contribution in [0.25, 0.3) is 0 Å². The van der Waals surface area contributed by atoms with E-state index in [0.717, 1.165) is 57.8 Å². The van der Waals surface area contributed by atoms with Gasteiger partial charge in [-0.2, -0.15) is 0 Å². The number of likely N-dealkylation sites (N-methyl/N-ethyl adjacent to an activating group) is 1. The van der Waals surface area contributed by atoms with Gasteiger partial charge in [0.25, 0.3) is 0 Å². The fraction of sp³-hybridized carbons (Fsp3) is 0.727. The lowest BCUT2D eigenvalue weighted by molar-refractivity contribution is -0.887. The van der Waals surface area contributed by atoms with Gasteiger partial charge in [0.15, 0.2) is 12.1 Å². The molecule has 1 N–H and O–H groups in total. The molecule has 2 atom stereocenters. The van der Waals surface area contributed by atoms with Gasteiger partial charge < -0.3 is 23.8 Å². The highest BCUT2D eigenvalue weighted by molar-refractivity contribution is 5.72. The molecule has 0 spiro atoms. The van der Waals surface area contributed by atoms with E-state index < -0.39 is 18.1 Å². The van der Waals surface area contributed by atoms with Gasteiger partial charge in [-0.1, -0.05) is 209 Å². The number of ether oxygens (including phenoxy) is 3. The van der Waals surface area contributed by atoms with Crippen LogP contribution in [0.4, 0.5) is 0 Å². The van der Waals surface area contributed by atoms with Gasteiger partial charge in [0.05, 0.1) is 34.4 Å². The van der Waals surface area contributed by atoms with Crippen molar-refractivity contribution in [2.75, 3.05) is 41.0 Å². The molecule has 0 aliphatic rings. The number of carbonyl (C=O) groups excluding carboxylic acids is 2. The third kappa shape index (κ3) is 43.8. The first-order valence-corrected chi connectivity index (χ1v) is 25.5. The molecule has 8 nitrogen and oxygen atoms in total. The lowest BCUT2D eigenvalue weighted by Crippen LogP contribution is -2.50. The molecule has 0 saturated carbocycles. The highest BCUT2D eigenvalue weighted by atomic mass is 16.6. The summed E-state index contributed by atoms with van der Waals surface area (Å²) in [6.07, 6.45) is 58.3. The summed E-state index contributed by atoms with van der Waals surface area (Å²) in [5.41, 5.74) is 0. The highest BCUT2D eigenvalue weighted by Crippen LogP contribution is 2.16. The molecule has 0 saturated heterocycles. The van der Waals surface area contributed by atoms with Crippen molar-refractivity contribution in [2.45, 2.75) is 219 Å². The summed E-state index contributed by atoms with van der Waals surface area (Å²) in [6, 6.07) is -0.630. The Hall–Kier alpha value is -3.23. The van der Waals surface area contributed by atoms with E-state index in [1.807, 2.05) is 33.3 Å². The smallest absolute Gasteiger partial charge is 0.362 e. The number of hydrogen-bond donors (Lipinski definition) is 1. The van der Waals surface area contributed by atoms with Crippen LogP contribution < -0.4 is 0 Å². The molecule has 362 valence electrons. The van der Waals surface area contributed by atoms with Crippen LogP contribution >= 0.6 is 0 Å². The number of carbonyl (C=O) groups is 3. The highest BCUT2D eigenvalue weighted by Gasteiger charge is 2.31. The van der Waals surface area contributed by atoms with Crippen LogP contribution in [0, 0.1) is 0 Å². The summed E-state index contributed by atoms with van der Waals surface area (Å²) in [5.74, 6) is -1.57. The van der Waals surface area contributed by atoms with Crippen molar-refractivity contribution in [2.24, 2.45) is 0 Å². The number of hydrogen-bond acceptors (Lipinski definition) is 6. The number of unbranched alkanes of at least 4 members (excludes halogenated alkanes) is 19. The topological polar surface area (TPSA) is 99.1 Å². The number of rotatable bonds is 45. The Morgan fingerprint density at radius 3 is 1.29 bits per heavy atom. The van der Waals surface area contributed by atoms with Gasteiger partial charge in [0.2, 0.25) is 0 Å². The van der Waals surface area contributed by atoms with Crippen molar-refractivity contribution < 1.29 is 38.2 Å². The maximum atomic E-state index is 12.7. The first kappa shape index (κ1) is 59.8. The molecule has 0 fully saturated rings. The minimum absolute atomic E-state index is 0.0295. The molecular weight excluding hydrogens is 787 g/mol. The van der Waals surface area contributed by atoms with Gasteiger partial charge in [-0.05, 0) is 51.4 Å². The average Bonchev–Trinajstić information content (AvgIpc) is 3.24. The van der Waals surface area contributed by atoms with E-state index in [1.165, 1.54) is 109 Å². The van der Waals surface area contributed by atoms with Gasteiger partial charge in [-0.3, -0.25) is 9.59 Å². The molecule has 0 aliphatic heterocycles. The van der Waals surface area contributed by atoms with Crippen LogP contribution in [-0.2, 0) is 28.6 Å². The maximum Gasteiger partial charge on any atom is 0.362 e. The molecule has 0 amide bonds. The summed E-state index contributed by atoms with van der Waals surface area (Å²) < 4.78 is 17.3. The van der Waals surface area contributed by atoms with Crippen molar-refractivity contribution in [3.05, 3.63) is 72.9 Å². The number of aliphatic carboxylic acids is 1. The van der Waals surface area contributed by atoms with Crippen LogP contribution in [0.1, 0.15) is 206 Å². The summed E-state index contributed by atoms with van der Waals surface area (Å²) in [7, 11) is 5.51. The fourth-order valence-corrected chi connectivity index (χ4v) is 7.24. The van der Waals surface area contributed by atoms with Crippen LogP contribution in [0.15, 0.2) is 72.9 Å². The van der Waals surface area contributed by atoms with Crippen molar-refractivity contribution >= 4 is 17.9 Å². The Kier molecular flexibility index (Phi) is 43.0. The molecule has 0 aliphatic carbocycles. The van der Waals surface area contributed by atoms with Crippen LogP contribution in [0.2, 0.25) is 0 Å². The normalized spacial score (nSPS) is 13.5. The molecule has 0 heterocycles. The van der Waals surface area contributed by atoms with Gasteiger partial charge in [0.1, 0.15) is 6.61 Å². The molecule has 0 radical (unpaired) electrons. The van der Waals surface area contributed by atoms with E-state index in [9.17, 15) is 19.5 Å². The number of carboxylic acid groups (broad SMARTS) is 1. The predicted octanol–water partition coefficient (Wildman–Crippen LogP) is 14.7. The van der Waals surface area contributed by atoms with Gasteiger partial charge >= 0.3 is 17.9 Å². The molecule has 63 heavy (non-hydrogen) atoms. The molecule has 0 bridgehead atoms. The second-order valence-corrected chi connectivity index (χ2v) is 18.1. The zero-order chi connectivity index (χ0) is 46.3. The Morgan fingerprint density at radius 1 is 0.492 bits per heavy atom. The Labute approximate surface area is 387 Å². The Bertz CT molecular complexity index is 1260. The SMILES string of the molecule is CC/C=C/C/C=C/C/C=C/C/C=C/C/C=C/C/C=C/CCC(=O)OC(COCCC(C(=O)O)[N+](C)(C)C)COC(=O)CCCCCCCCCCCCCCCCCCCCCC. The average molecular weight is 883 g/mol. The Balaban J connectivity index is 4.35. The van der Waals surface area contributed by atoms with E-state index in [-0.39, 0.29) is 42.7 Å². The predicted molar refractivity (Wildman–Crippen MR) is 266 cm³/mol. The third-order valence-corrected chi connectivity index (χ3v) is 11.1. The lowest BCUT2D eigenvalue weighted by Gasteiger charge is -2.31. The molecule has 2 unspecified atom stereocenters. The molecule has 0 aromatic rings. The van der Waals surface area contributed by atoms with Gasteiger partial charge in [-0.25, -0.2) is 4.79 Å². The first-order chi connectivity index (χ1) is 30.6. The zero-order valence-corrected chi connectivity index (χ0v) is 41.3. The first-order valence-electron chi connectivity index (χ1n) is 25.5. The second kappa shape index (κ2) is 45.3. The van der Waals surface area contributed by atoms with Crippen LogP contribution in [0.3, 0.4) is 0 Å². The molecular formula is C55H96NO7+. The van der Waals surface area contributed by atoms with Crippen LogP contribution in [-0.4, -0.2) is 80.6 Å². The van der Waals surface area contributed by atoms with E-state index in [0.29, 0.717) is 19.3 Å². The monoisotopic (exact) mass is 883 g/mol. The molecule has 0 rings (SSSR count). The molecule has 8 heteroatoms. The summed E-state index contributed by atoms with van der Waals surface area (Å²) in [5, 5.41) is 9.65. The van der Waals surface area contributed by atoms with E-state index in [4.69, 9.17) is 14.2 Å². The largest absolute Gasteiger partial charge is 0.477 e. The van der Waals surface area contributed by atoms with Gasteiger partial charge in [0, 0.05) is 19.3 Å². The zero-order valence-electron chi connectivity index (χ0n) is 41.3. The lowest BCUT2D eigenvalue weighted by atomic mass is 10.0. The quantitative estimate of drug-likeness (QED) is 0.0281. The van der Waals surface area contributed by atoms with E-state index in [1.54, 1.807) is 0 Å². The minimum Gasteiger partial charge on any atom is -0.477 e. The van der Waals surface area contributed by atoms with E-state index >= 15 is 0 Å². The van der Waals surface area contributed by atoms with Gasteiger partial charge in [-0.15, -0.1) is 0 Å². The maximum absolute atomic E-state index is 12.7. The number of quaternary nitrogens is 1. The summed E-state index contributed by atoms with van der Waals surface area (Å²) in [6.45, 7) is 4.56. The molecule has 0 aromatic carbocycles. The summed E-state index contributed by atoms with van der Waals surface area (Å²) >= 11 is 0. The number of allylic oxidation sites excluding steroid dienone is 12. The standard InChI is InChI=1S/C55H95NO7/c1-6-8-10-12-14-16-18-20-22-24-26-28-29-31-33-35-37-39-41-43-45-53(57)62-50-51(49-61-48-47-52(55(59)60)56(3,4)5)63-54(58)46-44-42-40-38-36-34-32-30-27-25-23-21-19-17-15-13-11-9-7-2/h9,11,15,17,21,23,27,30,34,36,40,42,51-52H,6-8,10,12-14,16,18-20,22,24-26,28-29,31-33,35,37-39,41,43-50H2,1-5H3/p+1/b11-9+,17-15+,23-21+,30-27+,36-34+,42-40+. The van der Waals surface area contributed by atoms with Crippen molar-refractivity contribution in [1.29, 1.82) is 0 Å². The number of carboxylic acids is 1. The van der Waals surface area contributed by atoms with Crippen LogP contribution in [0.5, 0.6) is 0 Å². The summed E-state index contributed by atoms with van der Waals surface area (Å²) in [4.78, 5) is 37.1. The van der Waals surface area contributed by atoms with E-state index in [2.05, 4.69) is 74.6 Å². The number of esters is 2. The Morgan fingerprint density at radius 2 is 0.889 bits per heavy atom. The van der Waals surface area contributed by atoms with Crippen molar-refractivity contribution in [3.8, 4) is 0 Å². The number of nitrogens with zero attached hydrogens (tertiary/aromatic N) is 1. The second-order valence-electron chi connectivity index (χ2n) is 18.1. The molecule has 0 aromatic heterocycles. The van der Waals surface area contributed by atoms with Crippen molar-refractivity contribution in [1.82, 2.24) is 0 Å².